The average molecular weight is 421 g/mol. The van der Waals surface area contributed by atoms with Gasteiger partial charge in [-0.2, -0.15) is 4.31 Å². The number of para-hydroxylation sites is 1. The molecule has 8 heteroatoms. The molecule has 3 rings (SSSR count). The number of ether oxygens (including phenoxy) is 1. The summed E-state index contributed by atoms with van der Waals surface area (Å²) in [5.74, 6) is -0.953. The Hall–Kier alpha value is -2.45. The van der Waals surface area contributed by atoms with Crippen LogP contribution in [0.4, 0.5) is 10.1 Å². The number of rotatable bonds is 7. The summed E-state index contributed by atoms with van der Waals surface area (Å²) in [6.07, 6.45) is 2.26. The molecule has 1 saturated heterocycles. The molecule has 0 spiro atoms. The second-order valence-electron chi connectivity index (χ2n) is 6.92. The number of nitrogens with zero attached hydrogens (tertiary/aromatic N) is 1. The number of benzene rings is 2. The zero-order valence-electron chi connectivity index (χ0n) is 16.3. The first-order chi connectivity index (χ1) is 13.9. The normalized spacial score (nSPS) is 16.2. The van der Waals surface area contributed by atoms with Crippen molar-refractivity contribution in [2.75, 3.05) is 18.4 Å². The molecule has 0 aromatic heterocycles. The summed E-state index contributed by atoms with van der Waals surface area (Å²) in [6, 6.07) is 12.0. The van der Waals surface area contributed by atoms with Gasteiger partial charge in [0.15, 0.2) is 17.7 Å². The fourth-order valence-corrected chi connectivity index (χ4v) is 4.72. The molecule has 6 nitrogen and oxygen atoms in total. The molecule has 1 aliphatic rings. The Morgan fingerprint density at radius 3 is 2.38 bits per heavy atom. The molecular formula is C21H25FN2O4S. The molecule has 0 radical (unpaired) electrons. The van der Waals surface area contributed by atoms with Gasteiger partial charge >= 0.3 is 0 Å². The van der Waals surface area contributed by atoms with Crippen LogP contribution in [0.25, 0.3) is 0 Å². The predicted octanol–water partition coefficient (Wildman–Crippen LogP) is 3.80. The fourth-order valence-electron chi connectivity index (χ4n) is 3.20. The van der Waals surface area contributed by atoms with Gasteiger partial charge in [-0.05, 0) is 55.7 Å². The minimum absolute atomic E-state index is 0.0115. The van der Waals surface area contributed by atoms with Crippen LogP contribution in [0.5, 0.6) is 5.75 Å². The Morgan fingerprint density at radius 1 is 1.10 bits per heavy atom. The van der Waals surface area contributed by atoms with Gasteiger partial charge in [0.2, 0.25) is 10.0 Å². The molecule has 0 aliphatic carbocycles. The van der Waals surface area contributed by atoms with E-state index in [1.54, 1.807) is 31.2 Å². The van der Waals surface area contributed by atoms with Gasteiger partial charge in [-0.3, -0.25) is 4.79 Å². The van der Waals surface area contributed by atoms with Crippen molar-refractivity contribution in [3.05, 3.63) is 54.3 Å². The molecule has 1 N–H and O–H groups in total. The molecule has 1 atom stereocenters. The van der Waals surface area contributed by atoms with Gasteiger partial charge < -0.3 is 10.1 Å². The van der Waals surface area contributed by atoms with E-state index < -0.39 is 27.9 Å². The molecule has 2 aromatic carbocycles. The highest BCUT2D eigenvalue weighted by Gasteiger charge is 2.26. The highest BCUT2D eigenvalue weighted by Crippen LogP contribution is 2.23. The molecule has 156 valence electrons. The molecular weight excluding hydrogens is 395 g/mol. The van der Waals surface area contributed by atoms with Crippen LogP contribution in [0.1, 0.15) is 32.6 Å². The molecule has 1 aliphatic heterocycles. The molecule has 0 unspecified atom stereocenters. The second-order valence-corrected chi connectivity index (χ2v) is 8.86. The summed E-state index contributed by atoms with van der Waals surface area (Å²) in [4.78, 5) is 12.7. The first-order valence-corrected chi connectivity index (χ1v) is 11.2. The molecule has 29 heavy (non-hydrogen) atoms. The summed E-state index contributed by atoms with van der Waals surface area (Å²) >= 11 is 0. The quantitative estimate of drug-likeness (QED) is 0.739. The van der Waals surface area contributed by atoms with Crippen LogP contribution in [0.2, 0.25) is 0 Å². The van der Waals surface area contributed by atoms with E-state index in [9.17, 15) is 17.6 Å². The molecule has 2 aromatic rings. The predicted molar refractivity (Wildman–Crippen MR) is 109 cm³/mol. The number of carbonyl (C=O) groups is 1. The number of hydrogen-bond acceptors (Lipinski definition) is 4. The third-order valence-electron chi connectivity index (χ3n) is 4.84. The SMILES string of the molecule is CC[C@H](Oc1ccccc1F)C(=O)Nc1ccc(S(=O)(=O)N2CCCCC2)cc1. The number of halogens is 1. The summed E-state index contributed by atoms with van der Waals surface area (Å²) in [5, 5.41) is 2.70. The molecule has 1 amide bonds. The van der Waals surface area contributed by atoms with Gasteiger partial charge in [0.25, 0.3) is 5.91 Å². The van der Waals surface area contributed by atoms with Crippen molar-refractivity contribution in [2.24, 2.45) is 0 Å². The molecule has 1 fully saturated rings. The van der Waals surface area contributed by atoms with Gasteiger partial charge in [0.05, 0.1) is 4.90 Å². The first-order valence-electron chi connectivity index (χ1n) is 9.74. The van der Waals surface area contributed by atoms with Crippen molar-refractivity contribution < 1.29 is 22.3 Å². The summed E-state index contributed by atoms with van der Waals surface area (Å²) in [7, 11) is -3.52. The maximum absolute atomic E-state index is 13.8. The summed E-state index contributed by atoms with van der Waals surface area (Å²) < 4.78 is 46.2. The van der Waals surface area contributed by atoms with Crippen LogP contribution >= 0.6 is 0 Å². The van der Waals surface area contributed by atoms with Crippen molar-refractivity contribution in [1.82, 2.24) is 4.31 Å². The third kappa shape index (κ3) is 5.13. The molecule has 1 heterocycles. The van der Waals surface area contributed by atoms with Crippen molar-refractivity contribution in [3.8, 4) is 5.75 Å². The first kappa shape index (κ1) is 21.3. The highest BCUT2D eigenvalue weighted by molar-refractivity contribution is 7.89. The number of amides is 1. The van der Waals surface area contributed by atoms with Gasteiger partial charge in [-0.25, -0.2) is 12.8 Å². The topological polar surface area (TPSA) is 75.7 Å². The Labute approximate surface area is 170 Å². The fraction of sp³-hybridized carbons (Fsp3) is 0.381. The number of piperidine rings is 1. The van der Waals surface area contributed by atoms with Crippen LogP contribution in [-0.2, 0) is 14.8 Å². The number of nitrogens with one attached hydrogen (secondary N) is 1. The van der Waals surface area contributed by atoms with E-state index in [2.05, 4.69) is 5.32 Å². The number of anilines is 1. The van der Waals surface area contributed by atoms with E-state index in [0.717, 1.165) is 19.3 Å². The van der Waals surface area contributed by atoms with E-state index in [-0.39, 0.29) is 10.6 Å². The smallest absolute Gasteiger partial charge is 0.265 e. The number of carbonyl (C=O) groups excluding carboxylic acids is 1. The lowest BCUT2D eigenvalue weighted by Crippen LogP contribution is -2.35. The highest BCUT2D eigenvalue weighted by atomic mass is 32.2. The maximum atomic E-state index is 13.8. The minimum Gasteiger partial charge on any atom is -0.478 e. The number of sulfonamides is 1. The Bertz CT molecular complexity index is 941. The summed E-state index contributed by atoms with van der Waals surface area (Å²) in [5.41, 5.74) is 0.447. The lowest BCUT2D eigenvalue weighted by Gasteiger charge is -2.26. The van der Waals surface area contributed by atoms with Crippen LogP contribution in [0, 0.1) is 5.82 Å². The molecule has 0 saturated carbocycles. The average Bonchev–Trinajstić information content (AvgIpc) is 2.74. The van der Waals surface area contributed by atoms with Crippen molar-refractivity contribution in [2.45, 2.75) is 43.6 Å². The monoisotopic (exact) mass is 420 g/mol. The van der Waals surface area contributed by atoms with Crippen molar-refractivity contribution in [1.29, 1.82) is 0 Å². The number of hydrogen-bond donors (Lipinski definition) is 1. The lowest BCUT2D eigenvalue weighted by molar-refractivity contribution is -0.122. The second kappa shape index (κ2) is 9.37. The van der Waals surface area contributed by atoms with Crippen molar-refractivity contribution >= 4 is 21.6 Å². The standard InChI is InChI=1S/C21H25FN2O4S/c1-2-19(28-20-9-5-4-8-18(20)22)21(25)23-16-10-12-17(13-11-16)29(26,27)24-14-6-3-7-15-24/h4-5,8-13,19H,2-3,6-7,14-15H2,1H3,(H,23,25)/t19-/m0/s1. The van der Waals surface area contributed by atoms with Crippen LogP contribution < -0.4 is 10.1 Å². The third-order valence-corrected chi connectivity index (χ3v) is 6.76. The lowest BCUT2D eigenvalue weighted by atomic mass is 10.2. The zero-order valence-corrected chi connectivity index (χ0v) is 17.1. The van der Waals surface area contributed by atoms with Gasteiger partial charge in [-0.1, -0.05) is 25.5 Å². The van der Waals surface area contributed by atoms with Crippen LogP contribution in [0.15, 0.2) is 53.4 Å². The molecule has 0 bridgehead atoms. The van der Waals surface area contributed by atoms with Crippen molar-refractivity contribution in [3.63, 3.8) is 0 Å². The Balaban J connectivity index is 1.66. The summed E-state index contributed by atoms with van der Waals surface area (Å²) in [6.45, 7) is 2.83. The van der Waals surface area contributed by atoms with E-state index in [1.165, 1.54) is 28.6 Å². The largest absolute Gasteiger partial charge is 0.478 e. The van der Waals surface area contributed by atoms with Crippen LogP contribution in [-0.4, -0.2) is 37.8 Å². The van der Waals surface area contributed by atoms with E-state index in [0.29, 0.717) is 25.2 Å². The zero-order chi connectivity index (χ0) is 20.9. The maximum Gasteiger partial charge on any atom is 0.265 e. The van der Waals surface area contributed by atoms with E-state index in [1.807, 2.05) is 0 Å². The Morgan fingerprint density at radius 2 is 1.76 bits per heavy atom. The van der Waals surface area contributed by atoms with Gasteiger partial charge in [0, 0.05) is 18.8 Å². The van der Waals surface area contributed by atoms with Gasteiger partial charge in [0.1, 0.15) is 0 Å². The Kier molecular flexibility index (Phi) is 6.87. The van der Waals surface area contributed by atoms with E-state index in [4.69, 9.17) is 4.74 Å². The van der Waals surface area contributed by atoms with E-state index >= 15 is 0 Å². The van der Waals surface area contributed by atoms with Crippen LogP contribution in [0.3, 0.4) is 0 Å². The van der Waals surface area contributed by atoms with Gasteiger partial charge in [-0.15, -0.1) is 0 Å². The minimum atomic E-state index is -3.52.